The smallest absolute Gasteiger partial charge is 0.220 e. The number of phenols is 1. The van der Waals surface area contributed by atoms with Crippen molar-refractivity contribution >= 4 is 11.7 Å². The summed E-state index contributed by atoms with van der Waals surface area (Å²) in [4.78, 5) is 25.8. The van der Waals surface area contributed by atoms with E-state index in [0.717, 1.165) is 49.8 Å². The van der Waals surface area contributed by atoms with Gasteiger partial charge in [0.2, 0.25) is 5.91 Å². The van der Waals surface area contributed by atoms with Gasteiger partial charge in [0.25, 0.3) is 0 Å². The van der Waals surface area contributed by atoms with Crippen molar-refractivity contribution in [3.63, 3.8) is 0 Å². The molecule has 5 rings (SSSR count). The van der Waals surface area contributed by atoms with Gasteiger partial charge in [-0.1, -0.05) is 25.1 Å². The number of aromatic hydroxyl groups is 1. The van der Waals surface area contributed by atoms with Crippen LogP contribution in [-0.2, 0) is 22.4 Å². The molecule has 2 unspecified atom stereocenters. The molecule has 0 radical (unpaired) electrons. The van der Waals surface area contributed by atoms with Crippen LogP contribution >= 0.6 is 0 Å². The van der Waals surface area contributed by atoms with Gasteiger partial charge in [-0.2, -0.15) is 0 Å². The summed E-state index contributed by atoms with van der Waals surface area (Å²) in [6.07, 6.45) is 6.82. The van der Waals surface area contributed by atoms with Crippen LogP contribution in [0.15, 0.2) is 42.5 Å². The van der Waals surface area contributed by atoms with Crippen LogP contribution in [0.2, 0.25) is 0 Å². The minimum Gasteiger partial charge on any atom is -0.508 e. The molecule has 3 aliphatic rings. The molecule has 2 saturated carbocycles. The molecule has 1 amide bonds. The fraction of sp³-hybridized carbons (Fsp3) is 0.533. The third-order valence-electron chi connectivity index (χ3n) is 9.19. The van der Waals surface area contributed by atoms with Gasteiger partial charge in [0.05, 0.1) is 7.11 Å². The van der Waals surface area contributed by atoms with Gasteiger partial charge in [0.15, 0.2) is 0 Å². The number of phenolic OH excluding ortho intramolecular Hbond substituents is 1. The Labute approximate surface area is 208 Å². The number of aryl methyl sites for hydroxylation is 1. The zero-order valence-electron chi connectivity index (χ0n) is 20.9. The molecule has 35 heavy (non-hydrogen) atoms. The summed E-state index contributed by atoms with van der Waals surface area (Å²) in [5, 5.41) is 12.5. The summed E-state index contributed by atoms with van der Waals surface area (Å²) >= 11 is 0. The Kier molecular flexibility index (Phi) is 6.61. The van der Waals surface area contributed by atoms with E-state index in [1.807, 2.05) is 12.1 Å². The molecule has 2 aromatic rings. The normalized spacial score (nSPS) is 29.1. The number of methoxy groups -OCH3 is 1. The van der Waals surface area contributed by atoms with Crippen molar-refractivity contribution in [2.75, 3.05) is 13.7 Å². The van der Waals surface area contributed by atoms with Crippen LogP contribution in [0.3, 0.4) is 0 Å². The van der Waals surface area contributed by atoms with Crippen LogP contribution < -0.4 is 10.1 Å². The van der Waals surface area contributed by atoms with Gasteiger partial charge in [0.1, 0.15) is 17.3 Å². The summed E-state index contributed by atoms with van der Waals surface area (Å²) in [7, 11) is 1.72. The van der Waals surface area contributed by atoms with E-state index in [1.54, 1.807) is 19.2 Å². The van der Waals surface area contributed by atoms with Crippen molar-refractivity contribution in [1.82, 2.24) is 5.32 Å². The molecule has 0 bridgehead atoms. The molecule has 2 N–H and O–H groups in total. The lowest BCUT2D eigenvalue weighted by Gasteiger charge is -2.50. The van der Waals surface area contributed by atoms with E-state index < -0.39 is 0 Å². The summed E-state index contributed by atoms with van der Waals surface area (Å²) in [5.41, 5.74) is 3.71. The number of Topliss-reactive ketones (excluding diaryl/α,β-unsaturated/α-hetero) is 1. The van der Waals surface area contributed by atoms with Crippen LogP contribution in [0.1, 0.15) is 68.1 Å². The molecular formula is C30H37NO4. The fourth-order valence-corrected chi connectivity index (χ4v) is 7.42. The third-order valence-corrected chi connectivity index (χ3v) is 9.19. The first kappa shape index (κ1) is 23.9. The molecule has 0 aromatic heterocycles. The summed E-state index contributed by atoms with van der Waals surface area (Å²) in [6.45, 7) is 2.79. The van der Waals surface area contributed by atoms with Gasteiger partial charge >= 0.3 is 0 Å². The van der Waals surface area contributed by atoms with Gasteiger partial charge in [0, 0.05) is 24.8 Å². The molecular weight excluding hydrogens is 438 g/mol. The topological polar surface area (TPSA) is 75.6 Å². The predicted octanol–water partition coefficient (Wildman–Crippen LogP) is 5.19. The van der Waals surface area contributed by atoms with Gasteiger partial charge < -0.3 is 15.2 Å². The Morgan fingerprint density at radius 1 is 1.17 bits per heavy atom. The summed E-state index contributed by atoms with van der Waals surface area (Å²) in [6, 6.07) is 13.6. The lowest BCUT2D eigenvalue weighted by molar-refractivity contribution is -0.129. The second-order valence-corrected chi connectivity index (χ2v) is 11.0. The van der Waals surface area contributed by atoms with Crippen molar-refractivity contribution in [2.24, 2.45) is 23.2 Å². The SMILES string of the molecule is COc1ccc2c(c1)CC[C@@H]1[C@@H]2CCC2(C)C(=O)CC(CCC(=O)NCCc3ccc(O)cc3)[C@@H]12. The number of carbonyl (C=O) groups is 2. The van der Waals surface area contributed by atoms with Crippen molar-refractivity contribution < 1.29 is 19.4 Å². The molecule has 5 nitrogen and oxygen atoms in total. The van der Waals surface area contributed by atoms with Gasteiger partial charge in [-0.25, -0.2) is 0 Å². The zero-order chi connectivity index (χ0) is 24.6. The summed E-state index contributed by atoms with van der Waals surface area (Å²) < 4.78 is 5.45. The van der Waals surface area contributed by atoms with E-state index in [1.165, 1.54) is 11.1 Å². The molecule has 3 aliphatic carbocycles. The van der Waals surface area contributed by atoms with E-state index in [4.69, 9.17) is 4.74 Å². The predicted molar refractivity (Wildman–Crippen MR) is 136 cm³/mol. The first-order chi connectivity index (χ1) is 16.9. The maximum Gasteiger partial charge on any atom is 0.220 e. The number of hydrogen-bond donors (Lipinski definition) is 2. The maximum absolute atomic E-state index is 13.2. The van der Waals surface area contributed by atoms with Crippen molar-refractivity contribution in [3.8, 4) is 11.5 Å². The van der Waals surface area contributed by atoms with Crippen LogP contribution in [0.5, 0.6) is 11.5 Å². The number of rotatable bonds is 7. The first-order valence-corrected chi connectivity index (χ1v) is 13.1. The lowest BCUT2D eigenvalue weighted by atomic mass is 9.54. The number of carbonyl (C=O) groups excluding carboxylic acids is 2. The molecule has 0 aliphatic heterocycles. The minimum absolute atomic E-state index is 0.0678. The standard InChI is InChI=1S/C30H37NO4/c1-30-15-13-25-24-11-9-23(35-2)17-20(24)5-10-26(25)29(30)21(18-27(30)33)6-12-28(34)31-16-14-19-3-7-22(32)8-4-19/h3-4,7-9,11,17,21,25-26,29,32H,5-6,10,12-16,18H2,1-2H3,(H,31,34)/t21?,25-,26-,29+,30?/m1/s1. The maximum atomic E-state index is 13.2. The van der Waals surface area contributed by atoms with E-state index in [9.17, 15) is 14.7 Å². The zero-order valence-corrected chi connectivity index (χ0v) is 20.9. The highest BCUT2D eigenvalue weighted by atomic mass is 16.5. The third kappa shape index (κ3) is 4.57. The Hall–Kier alpha value is -2.82. The van der Waals surface area contributed by atoms with Gasteiger partial charge in [-0.3, -0.25) is 9.59 Å². The average molecular weight is 476 g/mol. The number of nitrogens with one attached hydrogen (secondary N) is 1. The van der Waals surface area contributed by atoms with Crippen molar-refractivity contribution in [2.45, 2.75) is 64.2 Å². The Balaban J connectivity index is 1.22. The van der Waals surface area contributed by atoms with Crippen LogP contribution in [-0.4, -0.2) is 30.5 Å². The minimum atomic E-state index is -0.231. The monoisotopic (exact) mass is 475 g/mol. The van der Waals surface area contributed by atoms with Crippen LogP contribution in [0, 0.1) is 23.2 Å². The van der Waals surface area contributed by atoms with E-state index in [-0.39, 0.29) is 17.1 Å². The molecule has 0 heterocycles. The Morgan fingerprint density at radius 2 is 1.97 bits per heavy atom. The van der Waals surface area contributed by atoms with E-state index in [2.05, 4.69) is 30.4 Å². The molecule has 0 spiro atoms. The quantitative estimate of drug-likeness (QED) is 0.578. The number of hydrogen-bond acceptors (Lipinski definition) is 4. The average Bonchev–Trinajstić information content (AvgIpc) is 3.13. The highest BCUT2D eigenvalue weighted by Crippen LogP contribution is 2.62. The van der Waals surface area contributed by atoms with Crippen molar-refractivity contribution in [3.05, 3.63) is 59.2 Å². The van der Waals surface area contributed by atoms with Crippen LogP contribution in [0.4, 0.5) is 0 Å². The summed E-state index contributed by atoms with van der Waals surface area (Å²) in [5.74, 6) is 3.35. The molecule has 5 heteroatoms. The lowest BCUT2D eigenvalue weighted by Crippen LogP contribution is -2.44. The molecule has 2 fully saturated rings. The largest absolute Gasteiger partial charge is 0.508 e. The number of fused-ring (bicyclic) bond motifs is 5. The van der Waals surface area contributed by atoms with E-state index in [0.29, 0.717) is 48.8 Å². The molecule has 2 aromatic carbocycles. The van der Waals surface area contributed by atoms with Crippen LogP contribution in [0.25, 0.3) is 0 Å². The van der Waals surface area contributed by atoms with E-state index >= 15 is 0 Å². The highest BCUT2D eigenvalue weighted by Gasteiger charge is 2.58. The first-order valence-electron chi connectivity index (χ1n) is 13.1. The number of benzene rings is 2. The Morgan fingerprint density at radius 3 is 2.74 bits per heavy atom. The fourth-order valence-electron chi connectivity index (χ4n) is 7.42. The Bertz CT molecular complexity index is 1090. The van der Waals surface area contributed by atoms with Crippen molar-refractivity contribution in [1.29, 1.82) is 0 Å². The highest BCUT2D eigenvalue weighted by molar-refractivity contribution is 5.88. The molecule has 5 atom stereocenters. The van der Waals surface area contributed by atoms with Gasteiger partial charge in [-0.05, 0) is 103 Å². The molecule has 186 valence electrons. The number of ketones is 1. The second kappa shape index (κ2) is 9.67. The number of amides is 1. The number of ether oxygens (including phenoxy) is 1. The second-order valence-electron chi connectivity index (χ2n) is 11.0. The van der Waals surface area contributed by atoms with Gasteiger partial charge in [-0.15, -0.1) is 0 Å². The molecule has 0 saturated heterocycles.